The van der Waals surface area contributed by atoms with Gasteiger partial charge in [0.2, 0.25) is 0 Å². The molecule has 4 aromatic rings. The quantitative estimate of drug-likeness (QED) is 0.0926. The summed E-state index contributed by atoms with van der Waals surface area (Å²) >= 11 is 0. The molecule has 0 aromatic heterocycles. The van der Waals surface area contributed by atoms with Gasteiger partial charge in [0.1, 0.15) is 39.3 Å². The van der Waals surface area contributed by atoms with E-state index in [-0.39, 0.29) is 49.9 Å². The summed E-state index contributed by atoms with van der Waals surface area (Å²) in [5.74, 6) is -2.45. The van der Waals surface area contributed by atoms with Crippen LogP contribution in [0, 0.1) is 0 Å². The first-order chi connectivity index (χ1) is 22.3. The molecule has 4 rings (SSSR count). The van der Waals surface area contributed by atoms with Gasteiger partial charge in [0.15, 0.2) is 25.4 Å². The topological polar surface area (TPSA) is 279 Å². The van der Waals surface area contributed by atoms with Crippen LogP contribution < -0.4 is 5.32 Å². The van der Waals surface area contributed by atoms with Crippen LogP contribution in [0.25, 0.3) is 10.8 Å². The van der Waals surface area contributed by atoms with Crippen LogP contribution in [0.3, 0.4) is 0 Å². The number of rotatable bonds is 12. The Bertz CT molecular complexity index is 2430. The van der Waals surface area contributed by atoms with Gasteiger partial charge in [-0.2, -0.15) is 16.8 Å². The molecule has 5 N–H and O–H groups in total. The molecule has 0 saturated carbocycles. The van der Waals surface area contributed by atoms with Gasteiger partial charge in [-0.1, -0.05) is 13.8 Å². The van der Waals surface area contributed by atoms with Crippen LogP contribution in [0.15, 0.2) is 95.8 Å². The number of phenolic OH excluding ortho intramolecular Hbond substituents is 2. The van der Waals surface area contributed by atoms with Crippen molar-refractivity contribution in [2.24, 2.45) is 20.5 Å². The molecule has 0 saturated heterocycles. The van der Waals surface area contributed by atoms with E-state index < -0.39 is 72.8 Å². The van der Waals surface area contributed by atoms with Crippen LogP contribution in [-0.2, 0) is 39.9 Å². The third kappa shape index (κ3) is 8.11. The van der Waals surface area contributed by atoms with Gasteiger partial charge in [-0.3, -0.25) is 9.11 Å². The zero-order valence-corrected chi connectivity index (χ0v) is 28.1. The number of fused-ring (bicyclic) bond motifs is 1. The van der Waals surface area contributed by atoms with Crippen molar-refractivity contribution < 1.29 is 53.0 Å². The second kappa shape index (κ2) is 13.5. The van der Waals surface area contributed by atoms with Crippen molar-refractivity contribution in [1.29, 1.82) is 0 Å². The first-order valence-corrected chi connectivity index (χ1v) is 19.8. The Kier molecular flexibility index (Phi) is 10.2. The average Bonchev–Trinajstić information content (AvgIpc) is 3.02. The van der Waals surface area contributed by atoms with E-state index >= 15 is 0 Å². The average molecular weight is 742 g/mol. The van der Waals surface area contributed by atoms with Crippen LogP contribution in [0.2, 0.25) is 0 Å². The first-order valence-electron chi connectivity index (χ1n) is 13.5. The van der Waals surface area contributed by atoms with Gasteiger partial charge in [-0.15, -0.1) is 20.5 Å². The highest BCUT2D eigenvalue weighted by atomic mass is 32.2. The summed E-state index contributed by atoms with van der Waals surface area (Å²) < 4.78 is 115. The lowest BCUT2D eigenvalue weighted by molar-refractivity contribution is 0.475. The number of azo groups is 2. The van der Waals surface area contributed by atoms with Gasteiger partial charge in [-0.25, -0.2) is 16.8 Å². The Balaban J connectivity index is 1.86. The molecule has 0 heterocycles. The second-order valence-corrected chi connectivity index (χ2v) is 17.3. The Labute approximate surface area is 275 Å². The van der Waals surface area contributed by atoms with Crippen molar-refractivity contribution in [3.8, 4) is 11.5 Å². The van der Waals surface area contributed by atoms with E-state index in [1.807, 2.05) is 0 Å². The van der Waals surface area contributed by atoms with Crippen LogP contribution >= 0.6 is 0 Å². The smallest absolute Gasteiger partial charge is 0.296 e. The largest absolute Gasteiger partial charge is 0.506 e. The zero-order valence-electron chi connectivity index (χ0n) is 24.9. The normalized spacial score (nSPS) is 13.1. The fourth-order valence-corrected chi connectivity index (χ4v) is 7.03. The van der Waals surface area contributed by atoms with E-state index in [1.165, 1.54) is 44.2 Å². The van der Waals surface area contributed by atoms with Crippen molar-refractivity contribution in [3.05, 3.63) is 60.7 Å². The Hall–Kier alpha value is -4.54. The number of phenols is 2. The Morgan fingerprint density at radius 1 is 0.625 bits per heavy atom. The molecule has 0 aliphatic rings. The zero-order chi connectivity index (χ0) is 35.7. The first kappa shape index (κ1) is 36.3. The third-order valence-electron chi connectivity index (χ3n) is 6.73. The summed E-state index contributed by atoms with van der Waals surface area (Å²) in [5.41, 5.74) is -1.14. The number of hydrogen-bond acceptors (Lipinski definition) is 15. The molecule has 0 atom stereocenters. The lowest BCUT2D eigenvalue weighted by atomic mass is 10.1. The summed E-state index contributed by atoms with van der Waals surface area (Å²) in [7, 11) is -17.1. The third-order valence-corrected chi connectivity index (χ3v) is 11.6. The minimum Gasteiger partial charge on any atom is -0.506 e. The molecule has 0 radical (unpaired) electrons. The summed E-state index contributed by atoms with van der Waals surface area (Å²) in [6.45, 7) is 2.78. The second-order valence-electron chi connectivity index (χ2n) is 9.86. The molecule has 256 valence electrons. The number of anilines is 1. The molecule has 0 aliphatic heterocycles. The Morgan fingerprint density at radius 2 is 1.17 bits per heavy atom. The van der Waals surface area contributed by atoms with Crippen LogP contribution in [0.4, 0.5) is 28.4 Å². The van der Waals surface area contributed by atoms with Crippen LogP contribution in [0.5, 0.6) is 11.5 Å². The highest BCUT2D eigenvalue weighted by molar-refractivity contribution is 7.91. The number of nitrogens with zero attached hydrogens (tertiary/aromatic N) is 4. The molecular formula is C27H27N5O12S4. The van der Waals surface area contributed by atoms with E-state index in [9.17, 15) is 53.0 Å². The number of nitrogens with one attached hydrogen (secondary N) is 1. The van der Waals surface area contributed by atoms with E-state index in [2.05, 4.69) is 25.8 Å². The minimum atomic E-state index is -5.03. The van der Waals surface area contributed by atoms with Gasteiger partial charge in [0.25, 0.3) is 20.2 Å². The molecule has 0 unspecified atom stereocenters. The van der Waals surface area contributed by atoms with Crippen molar-refractivity contribution in [2.45, 2.75) is 28.5 Å². The summed E-state index contributed by atoms with van der Waals surface area (Å²) in [5, 5.41) is 39.4. The maximum absolute atomic E-state index is 12.3. The molecular weight excluding hydrogens is 715 g/mol. The number of aromatic hydroxyl groups is 2. The molecule has 21 heteroatoms. The van der Waals surface area contributed by atoms with Crippen molar-refractivity contribution >= 4 is 79.1 Å². The molecule has 4 aromatic carbocycles. The molecule has 17 nitrogen and oxygen atoms in total. The molecule has 0 aliphatic carbocycles. The van der Waals surface area contributed by atoms with Gasteiger partial charge in [0.05, 0.1) is 27.0 Å². The maximum atomic E-state index is 12.3. The van der Waals surface area contributed by atoms with Crippen molar-refractivity contribution in [2.75, 3.05) is 22.7 Å². The van der Waals surface area contributed by atoms with Gasteiger partial charge in [0, 0.05) is 10.8 Å². The minimum absolute atomic E-state index is 0.0312. The van der Waals surface area contributed by atoms with Crippen molar-refractivity contribution in [1.82, 2.24) is 0 Å². The number of sulfone groups is 2. The molecule has 0 amide bonds. The summed E-state index contributed by atoms with van der Waals surface area (Å²) in [4.78, 5) is -1.41. The monoisotopic (exact) mass is 741 g/mol. The fourth-order valence-electron chi connectivity index (χ4n) is 4.16. The van der Waals surface area contributed by atoms with Gasteiger partial charge in [-0.05, 0) is 60.7 Å². The highest BCUT2D eigenvalue weighted by Crippen LogP contribution is 2.44. The molecule has 48 heavy (non-hydrogen) atoms. The molecule has 0 fully saturated rings. The fraction of sp³-hybridized carbons (Fsp3) is 0.185. The number of hydrogen-bond donors (Lipinski definition) is 5. The standard InChI is InChI=1S/C27H27N5O12S4/c1-3-45(35,36)16-6-12-24(33)23(13-16)31-30-22-11-7-18-19(27(22)34)8-10-21(28-15-47(39,40)41)26(18)32-29-20-9-5-17(46(37,38)4-2)14-25(20)48(42,43)44/h5-14,28,33-34H,3-4,15H2,1-2H3,(H,39,40,41)(H,42,43,44). The van der Waals surface area contributed by atoms with E-state index in [1.54, 1.807) is 0 Å². The maximum Gasteiger partial charge on any atom is 0.296 e. The Morgan fingerprint density at radius 3 is 1.77 bits per heavy atom. The van der Waals surface area contributed by atoms with E-state index in [4.69, 9.17) is 0 Å². The molecule has 0 bridgehead atoms. The van der Waals surface area contributed by atoms with Crippen molar-refractivity contribution in [3.63, 3.8) is 0 Å². The van der Waals surface area contributed by atoms with Gasteiger partial charge < -0.3 is 15.5 Å². The lowest BCUT2D eigenvalue weighted by Gasteiger charge is -2.12. The predicted octanol–water partition coefficient (Wildman–Crippen LogP) is 5.17. The van der Waals surface area contributed by atoms with E-state index in [0.29, 0.717) is 6.07 Å². The van der Waals surface area contributed by atoms with Gasteiger partial charge >= 0.3 is 0 Å². The predicted molar refractivity (Wildman–Crippen MR) is 174 cm³/mol. The van der Waals surface area contributed by atoms with E-state index in [0.717, 1.165) is 24.3 Å². The van der Waals surface area contributed by atoms with Crippen LogP contribution in [0.1, 0.15) is 13.8 Å². The highest BCUT2D eigenvalue weighted by Gasteiger charge is 2.22. The lowest BCUT2D eigenvalue weighted by Crippen LogP contribution is -2.13. The molecule has 0 spiro atoms. The van der Waals surface area contributed by atoms with Crippen LogP contribution in [-0.4, -0.2) is 70.4 Å². The summed E-state index contributed by atoms with van der Waals surface area (Å²) in [6, 6.07) is 11.3. The summed E-state index contributed by atoms with van der Waals surface area (Å²) in [6.07, 6.45) is 0. The number of benzene rings is 4. The SMILES string of the molecule is CCS(=O)(=O)c1ccc(O)c(N=Nc2ccc3c(N=Nc4ccc(S(=O)(=O)CC)cc4S(=O)(=O)O)c(NCS(=O)(=O)O)ccc3c2O)c1.